The van der Waals surface area contributed by atoms with Gasteiger partial charge in [-0.3, -0.25) is 4.79 Å². The van der Waals surface area contributed by atoms with Crippen LogP contribution in [0.25, 0.3) is 0 Å². The largest absolute Gasteiger partial charge is 0.496 e. The van der Waals surface area contributed by atoms with Crippen molar-refractivity contribution in [1.29, 1.82) is 0 Å². The number of methoxy groups -OCH3 is 2. The lowest BCUT2D eigenvalue weighted by Gasteiger charge is -2.45. The summed E-state index contributed by atoms with van der Waals surface area (Å²) in [6.45, 7) is 5.03. The molecule has 0 radical (unpaired) electrons. The van der Waals surface area contributed by atoms with Gasteiger partial charge >= 0.3 is 0 Å². The van der Waals surface area contributed by atoms with Crippen LogP contribution in [0.15, 0.2) is 48.5 Å². The Kier molecular flexibility index (Phi) is 5.71. The molecule has 144 valence electrons. The molecule has 0 saturated carbocycles. The van der Waals surface area contributed by atoms with Crippen LogP contribution < -0.4 is 9.47 Å². The molecule has 0 aliphatic carbocycles. The third kappa shape index (κ3) is 4.08. The van der Waals surface area contributed by atoms with Gasteiger partial charge in [-0.2, -0.15) is 0 Å². The average Bonchev–Trinajstić information content (AvgIpc) is 2.68. The molecule has 0 bridgehead atoms. The summed E-state index contributed by atoms with van der Waals surface area (Å²) in [4.78, 5) is 15.4. The Hall–Kier alpha value is -2.53. The number of rotatable bonds is 5. The van der Waals surface area contributed by atoms with Crippen molar-refractivity contribution in [1.82, 2.24) is 4.90 Å². The first kappa shape index (κ1) is 19.2. The maximum absolute atomic E-state index is 13.5. The molecule has 1 saturated heterocycles. The second kappa shape index (κ2) is 8.01. The molecule has 27 heavy (non-hydrogen) atoms. The van der Waals surface area contributed by atoms with E-state index in [1.54, 1.807) is 26.4 Å². The molecule has 1 heterocycles. The normalized spacial score (nSPS) is 18.8. The summed E-state index contributed by atoms with van der Waals surface area (Å²) in [5.41, 5.74) is 1.23. The zero-order valence-corrected chi connectivity index (χ0v) is 16.4. The Morgan fingerprint density at radius 1 is 1.07 bits per heavy atom. The van der Waals surface area contributed by atoms with E-state index in [-0.39, 0.29) is 12.0 Å². The van der Waals surface area contributed by atoms with Gasteiger partial charge in [0, 0.05) is 13.0 Å². The lowest BCUT2D eigenvalue weighted by molar-refractivity contribution is -0.0823. The van der Waals surface area contributed by atoms with Crippen LogP contribution in [0.5, 0.6) is 11.5 Å². The first-order valence-electron chi connectivity index (χ1n) is 9.14. The fourth-order valence-electron chi connectivity index (χ4n) is 3.46. The van der Waals surface area contributed by atoms with E-state index in [9.17, 15) is 4.79 Å². The van der Waals surface area contributed by atoms with Gasteiger partial charge in [-0.05, 0) is 31.5 Å². The fourth-order valence-corrected chi connectivity index (χ4v) is 3.46. The molecule has 1 atom stereocenters. The van der Waals surface area contributed by atoms with Gasteiger partial charge < -0.3 is 19.1 Å². The third-order valence-electron chi connectivity index (χ3n) is 4.98. The van der Waals surface area contributed by atoms with Crippen LogP contribution in [0.3, 0.4) is 0 Å². The molecule has 2 aromatic rings. The van der Waals surface area contributed by atoms with Crippen LogP contribution in [-0.4, -0.2) is 49.8 Å². The highest BCUT2D eigenvalue weighted by Crippen LogP contribution is 2.33. The smallest absolute Gasteiger partial charge is 0.262 e. The second-order valence-corrected chi connectivity index (χ2v) is 7.39. The Morgan fingerprint density at radius 2 is 1.70 bits per heavy atom. The summed E-state index contributed by atoms with van der Waals surface area (Å²) in [7, 11) is 3.13. The average molecular weight is 369 g/mol. The molecule has 5 heteroatoms. The predicted molar refractivity (Wildman–Crippen MR) is 105 cm³/mol. The molecule has 2 aromatic carbocycles. The van der Waals surface area contributed by atoms with Gasteiger partial charge in [0.2, 0.25) is 0 Å². The topological polar surface area (TPSA) is 48.0 Å². The van der Waals surface area contributed by atoms with Crippen molar-refractivity contribution in [2.75, 3.05) is 27.4 Å². The van der Waals surface area contributed by atoms with Gasteiger partial charge in [-0.15, -0.1) is 0 Å². The Balaban J connectivity index is 1.88. The van der Waals surface area contributed by atoms with Crippen LogP contribution >= 0.6 is 0 Å². The van der Waals surface area contributed by atoms with E-state index >= 15 is 0 Å². The van der Waals surface area contributed by atoms with Crippen molar-refractivity contribution < 1.29 is 19.0 Å². The summed E-state index contributed by atoms with van der Waals surface area (Å²) in [5, 5.41) is 0. The van der Waals surface area contributed by atoms with Crippen molar-refractivity contribution >= 4 is 5.91 Å². The summed E-state index contributed by atoms with van der Waals surface area (Å²) in [5.74, 6) is 0.929. The molecule has 0 N–H and O–H groups in total. The zero-order chi connectivity index (χ0) is 19.4. The monoisotopic (exact) mass is 369 g/mol. The highest BCUT2D eigenvalue weighted by Gasteiger charge is 2.40. The second-order valence-electron chi connectivity index (χ2n) is 7.39. The maximum atomic E-state index is 13.5. The van der Waals surface area contributed by atoms with Gasteiger partial charge in [0.1, 0.15) is 17.1 Å². The molecule has 0 spiro atoms. The SMILES string of the molecule is COc1cccc(OC)c1C(=O)N1CC(Cc2ccccc2)OCC1(C)C. The van der Waals surface area contributed by atoms with E-state index in [0.717, 1.165) is 6.42 Å². The molecular weight excluding hydrogens is 342 g/mol. The lowest BCUT2D eigenvalue weighted by Crippen LogP contribution is -2.58. The van der Waals surface area contributed by atoms with E-state index < -0.39 is 5.54 Å². The number of nitrogens with zero attached hydrogens (tertiary/aromatic N) is 1. The molecule has 1 aliphatic heterocycles. The Bertz CT molecular complexity index is 766. The number of benzene rings is 2. The molecule has 3 rings (SSSR count). The standard InChI is InChI=1S/C22H27NO4/c1-22(2)15-27-17(13-16-9-6-5-7-10-16)14-23(22)21(24)20-18(25-3)11-8-12-19(20)26-4/h5-12,17H,13-15H2,1-4H3. The minimum Gasteiger partial charge on any atom is -0.496 e. The van der Waals surface area contributed by atoms with E-state index in [1.807, 2.05) is 43.0 Å². The summed E-state index contributed by atoms with van der Waals surface area (Å²) < 4.78 is 16.9. The number of ether oxygens (including phenoxy) is 3. The third-order valence-corrected chi connectivity index (χ3v) is 4.98. The van der Waals surface area contributed by atoms with Crippen LogP contribution in [0.4, 0.5) is 0 Å². The predicted octanol–water partition coefficient (Wildman–Crippen LogP) is 3.57. The summed E-state index contributed by atoms with van der Waals surface area (Å²) in [6, 6.07) is 15.6. The van der Waals surface area contributed by atoms with Crippen LogP contribution in [0.2, 0.25) is 0 Å². The molecule has 1 unspecified atom stereocenters. The van der Waals surface area contributed by atoms with Crippen molar-refractivity contribution in [3.05, 3.63) is 59.7 Å². The van der Waals surface area contributed by atoms with Crippen LogP contribution in [-0.2, 0) is 11.2 Å². The number of carbonyl (C=O) groups is 1. The fraction of sp³-hybridized carbons (Fsp3) is 0.409. The molecule has 1 amide bonds. The molecule has 1 aliphatic rings. The minimum atomic E-state index is -0.421. The number of carbonyl (C=O) groups excluding carboxylic acids is 1. The van der Waals surface area contributed by atoms with Crippen molar-refractivity contribution in [2.24, 2.45) is 0 Å². The van der Waals surface area contributed by atoms with Crippen LogP contribution in [0, 0.1) is 0 Å². The molecule has 5 nitrogen and oxygen atoms in total. The van der Waals surface area contributed by atoms with Crippen LogP contribution in [0.1, 0.15) is 29.8 Å². The summed E-state index contributed by atoms with van der Waals surface area (Å²) in [6.07, 6.45) is 0.717. The first-order chi connectivity index (χ1) is 13.0. The number of morpholine rings is 1. The molecular formula is C22H27NO4. The van der Waals surface area contributed by atoms with Gasteiger partial charge in [-0.25, -0.2) is 0 Å². The highest BCUT2D eigenvalue weighted by atomic mass is 16.5. The Labute approximate surface area is 160 Å². The van der Waals surface area contributed by atoms with E-state index in [4.69, 9.17) is 14.2 Å². The molecule has 1 fully saturated rings. The zero-order valence-electron chi connectivity index (χ0n) is 16.4. The summed E-state index contributed by atoms with van der Waals surface area (Å²) >= 11 is 0. The van der Waals surface area contributed by atoms with E-state index in [2.05, 4.69) is 12.1 Å². The number of hydrogen-bond acceptors (Lipinski definition) is 4. The van der Waals surface area contributed by atoms with Gasteiger partial charge in [0.05, 0.1) is 32.5 Å². The Morgan fingerprint density at radius 3 is 2.30 bits per heavy atom. The highest BCUT2D eigenvalue weighted by molar-refractivity contribution is 6.00. The van der Waals surface area contributed by atoms with Gasteiger partial charge in [0.15, 0.2) is 0 Å². The molecule has 0 aromatic heterocycles. The first-order valence-corrected chi connectivity index (χ1v) is 9.14. The van der Waals surface area contributed by atoms with Crippen molar-refractivity contribution in [3.63, 3.8) is 0 Å². The maximum Gasteiger partial charge on any atom is 0.262 e. The van der Waals surface area contributed by atoms with Crippen molar-refractivity contribution in [3.8, 4) is 11.5 Å². The van der Waals surface area contributed by atoms with Gasteiger partial charge in [-0.1, -0.05) is 36.4 Å². The van der Waals surface area contributed by atoms with Crippen molar-refractivity contribution in [2.45, 2.75) is 31.9 Å². The quantitative estimate of drug-likeness (QED) is 0.808. The lowest BCUT2D eigenvalue weighted by atomic mass is 9.96. The van der Waals surface area contributed by atoms with E-state index in [1.165, 1.54) is 5.56 Å². The van der Waals surface area contributed by atoms with E-state index in [0.29, 0.717) is 30.2 Å². The number of amides is 1. The minimum absolute atomic E-state index is 0.0509. The number of hydrogen-bond donors (Lipinski definition) is 0. The van der Waals surface area contributed by atoms with Gasteiger partial charge in [0.25, 0.3) is 5.91 Å².